The number of urea groups is 1. The molecule has 0 N–H and O–H groups in total. The van der Waals surface area contributed by atoms with Crippen LogP contribution >= 0.6 is 0 Å². The summed E-state index contributed by atoms with van der Waals surface area (Å²) in [4.78, 5) is 19.7. The molecule has 2 amide bonds. The summed E-state index contributed by atoms with van der Waals surface area (Å²) in [6, 6.07) is 2.99. The van der Waals surface area contributed by atoms with Crippen molar-refractivity contribution in [3.63, 3.8) is 0 Å². The molecular formula is C15H22N4O3S. The monoisotopic (exact) mass is 338 g/mol. The number of carbonyl (C=O) groups excluding carboxylic acids is 1. The molecule has 2 atom stereocenters. The van der Waals surface area contributed by atoms with Crippen molar-refractivity contribution >= 4 is 16.1 Å². The van der Waals surface area contributed by atoms with Gasteiger partial charge in [-0.25, -0.2) is 13.2 Å². The third-order valence-electron chi connectivity index (χ3n) is 4.56. The van der Waals surface area contributed by atoms with Crippen LogP contribution < -0.4 is 0 Å². The van der Waals surface area contributed by atoms with E-state index in [2.05, 4.69) is 4.98 Å². The summed E-state index contributed by atoms with van der Waals surface area (Å²) in [5, 5.41) is 0. The van der Waals surface area contributed by atoms with Crippen LogP contribution in [0.5, 0.6) is 0 Å². The molecule has 4 rings (SSSR count). The molecule has 0 saturated carbocycles. The van der Waals surface area contributed by atoms with Crippen LogP contribution in [0.2, 0.25) is 0 Å². The third-order valence-corrected chi connectivity index (χ3v) is 6.46. The molecule has 3 aliphatic rings. The molecule has 1 aromatic rings. The number of nitrogens with zero attached hydrogens (tertiary/aromatic N) is 4. The quantitative estimate of drug-likeness (QED) is 0.801. The second-order valence-corrected chi connectivity index (χ2v) is 8.33. The van der Waals surface area contributed by atoms with Crippen molar-refractivity contribution < 1.29 is 13.2 Å². The number of pyridine rings is 1. The Kier molecular flexibility index (Phi) is 4.29. The number of fused-ring (bicyclic) bond motifs is 4. The molecule has 3 aliphatic heterocycles. The van der Waals surface area contributed by atoms with Gasteiger partial charge in [0.15, 0.2) is 0 Å². The largest absolute Gasteiger partial charge is 0.331 e. The first-order chi connectivity index (χ1) is 10.9. The molecule has 3 fully saturated rings. The maximum Gasteiger partial charge on any atom is 0.319 e. The van der Waals surface area contributed by atoms with Crippen LogP contribution in [-0.4, -0.2) is 73.3 Å². The van der Waals surface area contributed by atoms with E-state index in [1.165, 1.54) is 6.20 Å². The van der Waals surface area contributed by atoms with E-state index in [9.17, 15) is 13.2 Å². The second-order valence-electron chi connectivity index (χ2n) is 6.44. The van der Waals surface area contributed by atoms with Gasteiger partial charge in [0.25, 0.3) is 0 Å². The van der Waals surface area contributed by atoms with E-state index in [0.29, 0.717) is 19.6 Å². The van der Waals surface area contributed by atoms with Crippen LogP contribution in [0.25, 0.3) is 0 Å². The molecule has 0 aliphatic carbocycles. The summed E-state index contributed by atoms with van der Waals surface area (Å²) in [5.41, 5.74) is 0. The molecular weight excluding hydrogens is 316 g/mol. The third kappa shape index (κ3) is 3.05. The van der Waals surface area contributed by atoms with Gasteiger partial charge in [0.05, 0.1) is 0 Å². The maximum absolute atomic E-state index is 12.9. The van der Waals surface area contributed by atoms with Crippen LogP contribution in [0, 0.1) is 5.92 Å². The Hall–Kier alpha value is -1.67. The molecule has 126 valence electrons. The number of piperidine rings is 1. The van der Waals surface area contributed by atoms with Gasteiger partial charge < -0.3 is 9.80 Å². The van der Waals surface area contributed by atoms with E-state index < -0.39 is 10.0 Å². The van der Waals surface area contributed by atoms with Gasteiger partial charge in [-0.1, -0.05) is 0 Å². The number of rotatable bonds is 2. The summed E-state index contributed by atoms with van der Waals surface area (Å²) in [5.74, 6) is 0.184. The molecule has 23 heavy (non-hydrogen) atoms. The highest BCUT2D eigenvalue weighted by molar-refractivity contribution is 7.89. The van der Waals surface area contributed by atoms with Gasteiger partial charge in [0.1, 0.15) is 4.90 Å². The predicted molar refractivity (Wildman–Crippen MR) is 85.3 cm³/mol. The van der Waals surface area contributed by atoms with Gasteiger partial charge in [0, 0.05) is 52.2 Å². The van der Waals surface area contributed by atoms with Gasteiger partial charge in [0.2, 0.25) is 10.0 Å². The number of sulfonamides is 1. The number of aromatic nitrogens is 1. The van der Waals surface area contributed by atoms with Gasteiger partial charge >= 0.3 is 6.03 Å². The molecule has 4 heterocycles. The van der Waals surface area contributed by atoms with Crippen molar-refractivity contribution in [1.82, 2.24) is 19.1 Å². The molecule has 1 aromatic heterocycles. The molecule has 8 heteroatoms. The van der Waals surface area contributed by atoms with Crippen LogP contribution in [0.4, 0.5) is 4.79 Å². The van der Waals surface area contributed by atoms with Crippen molar-refractivity contribution in [1.29, 1.82) is 0 Å². The average molecular weight is 338 g/mol. The Morgan fingerprint density at radius 2 is 2.04 bits per heavy atom. The first kappa shape index (κ1) is 16.2. The summed E-state index contributed by atoms with van der Waals surface area (Å²) in [6.45, 7) is 1.54. The smallest absolute Gasteiger partial charge is 0.319 e. The van der Waals surface area contributed by atoms with Gasteiger partial charge in [-0.2, -0.15) is 4.31 Å². The summed E-state index contributed by atoms with van der Waals surface area (Å²) < 4.78 is 27.4. The first-order valence-corrected chi connectivity index (χ1v) is 9.21. The minimum absolute atomic E-state index is 0.0532. The summed E-state index contributed by atoms with van der Waals surface area (Å²) in [6.07, 6.45) is 4.70. The van der Waals surface area contributed by atoms with E-state index in [-0.39, 0.29) is 22.9 Å². The number of carbonyl (C=O) groups is 1. The molecule has 0 unspecified atom stereocenters. The highest BCUT2D eigenvalue weighted by Crippen LogP contribution is 2.32. The zero-order valence-corrected chi connectivity index (χ0v) is 14.2. The lowest BCUT2D eigenvalue weighted by Gasteiger charge is -2.34. The average Bonchev–Trinajstić information content (AvgIpc) is 2.86. The van der Waals surface area contributed by atoms with Crippen molar-refractivity contribution in [2.75, 3.05) is 33.7 Å². The lowest BCUT2D eigenvalue weighted by atomic mass is 9.97. The van der Waals surface area contributed by atoms with Crippen LogP contribution in [0.3, 0.4) is 0 Å². The topological polar surface area (TPSA) is 73.8 Å². The maximum atomic E-state index is 12.9. The molecule has 3 saturated heterocycles. The SMILES string of the molecule is CN(C)C(=O)N1C[C@@H]2CC[C@H](C1)N(S(=O)(=O)c1cccnc1)C2. The molecule has 7 nitrogen and oxygen atoms in total. The van der Waals surface area contributed by atoms with E-state index in [4.69, 9.17) is 0 Å². The summed E-state index contributed by atoms with van der Waals surface area (Å²) in [7, 11) is -0.123. The van der Waals surface area contributed by atoms with Gasteiger partial charge in [-0.3, -0.25) is 4.98 Å². The Bertz CT molecular complexity index is 677. The van der Waals surface area contributed by atoms with Gasteiger partial charge in [-0.05, 0) is 30.9 Å². The lowest BCUT2D eigenvalue weighted by Crippen LogP contribution is -2.48. The fourth-order valence-electron chi connectivity index (χ4n) is 3.41. The number of hydrogen-bond acceptors (Lipinski definition) is 4. The highest BCUT2D eigenvalue weighted by atomic mass is 32.2. The van der Waals surface area contributed by atoms with E-state index >= 15 is 0 Å². The van der Waals surface area contributed by atoms with Crippen LogP contribution in [0.1, 0.15) is 12.8 Å². The van der Waals surface area contributed by atoms with E-state index in [1.54, 1.807) is 46.5 Å². The fourth-order valence-corrected chi connectivity index (χ4v) is 5.09. The van der Waals surface area contributed by atoms with Crippen molar-refractivity contribution in [2.24, 2.45) is 5.92 Å². The summed E-state index contributed by atoms with van der Waals surface area (Å²) >= 11 is 0. The Labute approximate surface area is 136 Å². The predicted octanol–water partition coefficient (Wildman–Crippen LogP) is 0.848. The van der Waals surface area contributed by atoms with Crippen LogP contribution in [0.15, 0.2) is 29.4 Å². The lowest BCUT2D eigenvalue weighted by molar-refractivity contribution is 0.167. The van der Waals surface area contributed by atoms with Crippen LogP contribution in [-0.2, 0) is 10.0 Å². The highest BCUT2D eigenvalue weighted by Gasteiger charge is 2.42. The zero-order chi connectivity index (χ0) is 16.6. The minimum Gasteiger partial charge on any atom is -0.331 e. The van der Waals surface area contributed by atoms with Crippen molar-refractivity contribution in [3.8, 4) is 0 Å². The second kappa shape index (κ2) is 6.09. The van der Waals surface area contributed by atoms with E-state index in [0.717, 1.165) is 12.8 Å². The fraction of sp³-hybridized carbons (Fsp3) is 0.600. The Balaban J connectivity index is 1.88. The van der Waals surface area contributed by atoms with Crippen molar-refractivity contribution in [3.05, 3.63) is 24.5 Å². The molecule has 0 aromatic carbocycles. The molecule has 0 radical (unpaired) electrons. The van der Waals surface area contributed by atoms with Crippen molar-refractivity contribution in [2.45, 2.75) is 23.8 Å². The first-order valence-electron chi connectivity index (χ1n) is 7.77. The number of amides is 2. The number of hydrogen-bond donors (Lipinski definition) is 0. The minimum atomic E-state index is -3.57. The Morgan fingerprint density at radius 3 is 2.70 bits per heavy atom. The normalized spacial score (nSPS) is 25.2. The Morgan fingerprint density at radius 1 is 1.26 bits per heavy atom. The van der Waals surface area contributed by atoms with Gasteiger partial charge in [-0.15, -0.1) is 0 Å². The standard InChI is InChI=1S/C15H22N4O3S/c1-17(2)15(20)18-9-12-5-6-13(11-18)19(10-12)23(21,22)14-4-3-7-16-8-14/h3-4,7-8,12-13H,5-6,9-11H2,1-2H3/t12-,13+/m0/s1. The van der Waals surface area contributed by atoms with E-state index in [1.807, 2.05) is 0 Å². The molecule has 2 bridgehead atoms. The zero-order valence-electron chi connectivity index (χ0n) is 13.4. The molecule has 0 spiro atoms.